The molecule has 0 aliphatic carbocycles. The molecule has 16 heavy (non-hydrogen) atoms. The first-order chi connectivity index (χ1) is 7.79. The van der Waals surface area contributed by atoms with E-state index in [0.29, 0.717) is 0 Å². The number of piperidine rings is 1. The minimum atomic E-state index is 0.0521. The third-order valence-corrected chi connectivity index (χ3v) is 2.95. The number of carbonyl (C=O) groups excluding carboxylic acids is 1. The van der Waals surface area contributed by atoms with Crippen molar-refractivity contribution >= 4 is 5.91 Å². The van der Waals surface area contributed by atoms with Crippen LogP contribution in [-0.4, -0.2) is 50.2 Å². The molecule has 0 aromatic rings. The Balaban J connectivity index is 2.32. The van der Waals surface area contributed by atoms with Gasteiger partial charge < -0.3 is 15.0 Å². The van der Waals surface area contributed by atoms with Crippen molar-refractivity contribution in [3.63, 3.8) is 0 Å². The van der Waals surface area contributed by atoms with E-state index >= 15 is 0 Å². The zero-order valence-electron chi connectivity index (χ0n) is 10.5. The summed E-state index contributed by atoms with van der Waals surface area (Å²) in [7, 11) is 1.70. The molecule has 1 atom stereocenters. The van der Waals surface area contributed by atoms with Gasteiger partial charge in [0.1, 0.15) is 0 Å². The Morgan fingerprint density at radius 1 is 1.56 bits per heavy atom. The van der Waals surface area contributed by atoms with Gasteiger partial charge in [-0.3, -0.25) is 4.79 Å². The Kier molecular flexibility index (Phi) is 6.42. The second-order valence-electron chi connectivity index (χ2n) is 4.32. The highest BCUT2D eigenvalue weighted by atomic mass is 16.5. The number of carbonyl (C=O) groups is 1. The van der Waals surface area contributed by atoms with Gasteiger partial charge in [-0.2, -0.15) is 0 Å². The van der Waals surface area contributed by atoms with Crippen molar-refractivity contribution in [2.75, 3.05) is 33.4 Å². The summed E-state index contributed by atoms with van der Waals surface area (Å²) in [6, 6.07) is 0.0521. The Morgan fingerprint density at radius 2 is 2.38 bits per heavy atom. The van der Waals surface area contributed by atoms with E-state index in [1.807, 2.05) is 4.90 Å². The van der Waals surface area contributed by atoms with E-state index in [4.69, 9.17) is 4.74 Å². The molecule has 0 aromatic carbocycles. The molecule has 0 aromatic heterocycles. The monoisotopic (exact) mass is 228 g/mol. The van der Waals surface area contributed by atoms with Gasteiger partial charge in [0, 0.05) is 26.8 Å². The van der Waals surface area contributed by atoms with Crippen molar-refractivity contribution in [1.82, 2.24) is 10.2 Å². The van der Waals surface area contributed by atoms with Gasteiger partial charge in [-0.05, 0) is 32.2 Å². The molecule has 4 heteroatoms. The number of likely N-dealkylation sites (tertiary alicyclic amines) is 1. The van der Waals surface area contributed by atoms with Crippen molar-refractivity contribution in [3.05, 3.63) is 0 Å². The number of hydrogen-bond acceptors (Lipinski definition) is 3. The zero-order valence-corrected chi connectivity index (χ0v) is 10.5. The van der Waals surface area contributed by atoms with E-state index in [0.717, 1.165) is 51.9 Å². The fourth-order valence-corrected chi connectivity index (χ4v) is 2.07. The number of hydrogen-bond donors (Lipinski definition) is 1. The Hall–Kier alpha value is -0.610. The highest BCUT2D eigenvalue weighted by Crippen LogP contribution is 2.12. The van der Waals surface area contributed by atoms with E-state index in [1.165, 1.54) is 0 Å². The molecule has 1 N–H and O–H groups in total. The van der Waals surface area contributed by atoms with Crippen LogP contribution in [-0.2, 0) is 9.53 Å². The third-order valence-electron chi connectivity index (χ3n) is 2.95. The largest absolute Gasteiger partial charge is 0.385 e. The van der Waals surface area contributed by atoms with Gasteiger partial charge in [-0.25, -0.2) is 0 Å². The Morgan fingerprint density at radius 3 is 3.06 bits per heavy atom. The van der Waals surface area contributed by atoms with E-state index in [1.54, 1.807) is 7.11 Å². The average Bonchev–Trinajstić information content (AvgIpc) is 2.30. The van der Waals surface area contributed by atoms with Crippen LogP contribution in [0.1, 0.15) is 32.6 Å². The van der Waals surface area contributed by atoms with Crippen LogP contribution in [0.3, 0.4) is 0 Å². The molecule has 0 saturated carbocycles. The second kappa shape index (κ2) is 7.63. The fourth-order valence-electron chi connectivity index (χ4n) is 2.07. The fraction of sp³-hybridized carbons (Fsp3) is 0.917. The lowest BCUT2D eigenvalue weighted by Gasteiger charge is -2.32. The number of methoxy groups -OCH3 is 1. The molecule has 1 heterocycles. The maximum absolute atomic E-state index is 12.0. The van der Waals surface area contributed by atoms with Gasteiger partial charge in [0.15, 0.2) is 0 Å². The number of nitrogens with zero attached hydrogens (tertiary/aromatic N) is 1. The highest BCUT2D eigenvalue weighted by molar-refractivity contribution is 5.82. The van der Waals surface area contributed by atoms with Gasteiger partial charge in [0.2, 0.25) is 5.91 Å². The quantitative estimate of drug-likeness (QED) is 0.661. The van der Waals surface area contributed by atoms with Gasteiger partial charge >= 0.3 is 0 Å². The van der Waals surface area contributed by atoms with Gasteiger partial charge in [0.25, 0.3) is 0 Å². The highest BCUT2D eigenvalue weighted by Gasteiger charge is 2.27. The van der Waals surface area contributed by atoms with E-state index in [9.17, 15) is 4.79 Å². The zero-order chi connectivity index (χ0) is 11.8. The molecule has 1 fully saturated rings. The summed E-state index contributed by atoms with van der Waals surface area (Å²) >= 11 is 0. The smallest absolute Gasteiger partial charge is 0.239 e. The first kappa shape index (κ1) is 13.5. The van der Waals surface area contributed by atoms with Gasteiger partial charge in [-0.1, -0.05) is 6.92 Å². The minimum Gasteiger partial charge on any atom is -0.385 e. The van der Waals surface area contributed by atoms with Gasteiger partial charge in [0.05, 0.1) is 6.04 Å². The summed E-state index contributed by atoms with van der Waals surface area (Å²) in [5.74, 6) is 0.274. The summed E-state index contributed by atoms with van der Waals surface area (Å²) < 4.78 is 5.01. The SMILES string of the molecule is CCCNC1CCCN(CCCOC)C1=O. The molecule has 0 bridgehead atoms. The lowest BCUT2D eigenvalue weighted by molar-refractivity contribution is -0.136. The maximum Gasteiger partial charge on any atom is 0.239 e. The van der Waals surface area contributed by atoms with E-state index in [2.05, 4.69) is 12.2 Å². The van der Waals surface area contributed by atoms with Crippen LogP contribution >= 0.6 is 0 Å². The molecule has 0 radical (unpaired) electrons. The predicted molar refractivity (Wildman–Crippen MR) is 64.4 cm³/mol. The molecule has 94 valence electrons. The van der Waals surface area contributed by atoms with Crippen molar-refractivity contribution in [2.24, 2.45) is 0 Å². The van der Waals surface area contributed by atoms with E-state index in [-0.39, 0.29) is 11.9 Å². The standard InChI is InChI=1S/C12H24N2O2/c1-3-7-13-11-6-4-8-14(12(11)15)9-5-10-16-2/h11,13H,3-10H2,1-2H3. The van der Waals surface area contributed by atoms with Crippen LogP contribution in [0, 0.1) is 0 Å². The normalized spacial score (nSPS) is 21.5. The molecular weight excluding hydrogens is 204 g/mol. The van der Waals surface area contributed by atoms with Crippen LogP contribution in [0.4, 0.5) is 0 Å². The molecule has 1 saturated heterocycles. The summed E-state index contributed by atoms with van der Waals surface area (Å²) in [5.41, 5.74) is 0. The predicted octanol–water partition coefficient (Wildman–Crippen LogP) is 1.01. The van der Waals surface area contributed by atoms with Crippen molar-refractivity contribution in [1.29, 1.82) is 0 Å². The Bertz CT molecular complexity index is 209. The van der Waals surface area contributed by atoms with Crippen LogP contribution in [0.25, 0.3) is 0 Å². The summed E-state index contributed by atoms with van der Waals surface area (Å²) in [4.78, 5) is 14.0. The molecule has 1 rings (SSSR count). The van der Waals surface area contributed by atoms with Crippen LogP contribution in [0.5, 0.6) is 0 Å². The van der Waals surface area contributed by atoms with Crippen LogP contribution in [0.15, 0.2) is 0 Å². The molecule has 1 amide bonds. The molecule has 1 aliphatic heterocycles. The van der Waals surface area contributed by atoms with Crippen molar-refractivity contribution in [2.45, 2.75) is 38.6 Å². The lowest BCUT2D eigenvalue weighted by Crippen LogP contribution is -2.51. The second-order valence-corrected chi connectivity index (χ2v) is 4.32. The molecule has 1 aliphatic rings. The van der Waals surface area contributed by atoms with Crippen molar-refractivity contribution < 1.29 is 9.53 Å². The number of ether oxygens (including phenoxy) is 1. The van der Waals surface area contributed by atoms with Crippen molar-refractivity contribution in [3.8, 4) is 0 Å². The summed E-state index contributed by atoms with van der Waals surface area (Å²) in [5, 5.41) is 3.32. The average molecular weight is 228 g/mol. The number of nitrogens with one attached hydrogen (secondary N) is 1. The number of rotatable bonds is 7. The summed E-state index contributed by atoms with van der Waals surface area (Å²) in [6.07, 6.45) is 4.11. The molecule has 0 spiro atoms. The minimum absolute atomic E-state index is 0.0521. The van der Waals surface area contributed by atoms with Gasteiger partial charge in [-0.15, -0.1) is 0 Å². The lowest BCUT2D eigenvalue weighted by atomic mass is 10.0. The topological polar surface area (TPSA) is 41.6 Å². The summed E-state index contributed by atoms with van der Waals surface area (Å²) in [6.45, 7) is 5.53. The third kappa shape index (κ3) is 4.10. The molecule has 4 nitrogen and oxygen atoms in total. The van der Waals surface area contributed by atoms with E-state index < -0.39 is 0 Å². The molecular formula is C12H24N2O2. The first-order valence-electron chi connectivity index (χ1n) is 6.30. The first-order valence-corrected chi connectivity index (χ1v) is 6.30. The number of amides is 1. The van der Waals surface area contributed by atoms with Crippen LogP contribution in [0.2, 0.25) is 0 Å². The maximum atomic E-state index is 12.0. The van der Waals surface area contributed by atoms with Crippen LogP contribution < -0.4 is 5.32 Å². The Labute approximate surface area is 98.3 Å². The molecule has 1 unspecified atom stereocenters.